The molecule has 4 nitrogen and oxygen atoms in total. The van der Waals surface area contributed by atoms with Crippen molar-refractivity contribution in [2.45, 2.75) is 38.8 Å². The summed E-state index contributed by atoms with van der Waals surface area (Å²) in [5.74, 6) is 0.558. The summed E-state index contributed by atoms with van der Waals surface area (Å²) in [6, 6.07) is 5.54. The largest absolute Gasteiger partial charge is 0.508 e. The quantitative estimate of drug-likeness (QED) is 0.786. The zero-order valence-corrected chi connectivity index (χ0v) is 12.6. The van der Waals surface area contributed by atoms with Crippen LogP contribution in [-0.4, -0.2) is 47.3 Å². The standard InChI is InChI=1S/C16H26N2O2/c1-11(2)14-10-13(4-5-15(14)19)16(20)12(3)18-8-6-17-7-9-18/h4-5,10-12,16-17,19-20H,6-9H2,1-3H3. The van der Waals surface area contributed by atoms with E-state index < -0.39 is 6.10 Å². The average Bonchev–Trinajstić information content (AvgIpc) is 2.47. The lowest BCUT2D eigenvalue weighted by atomic mass is 9.95. The van der Waals surface area contributed by atoms with Crippen molar-refractivity contribution in [2.75, 3.05) is 26.2 Å². The van der Waals surface area contributed by atoms with E-state index in [2.05, 4.69) is 17.1 Å². The molecule has 1 aromatic carbocycles. The Hall–Kier alpha value is -1.10. The van der Waals surface area contributed by atoms with Gasteiger partial charge < -0.3 is 15.5 Å². The Kier molecular flexibility index (Phi) is 5.02. The molecule has 4 heteroatoms. The highest BCUT2D eigenvalue weighted by Crippen LogP contribution is 2.30. The van der Waals surface area contributed by atoms with Gasteiger partial charge in [-0.1, -0.05) is 19.9 Å². The lowest BCUT2D eigenvalue weighted by Gasteiger charge is -2.35. The fourth-order valence-electron chi connectivity index (χ4n) is 2.79. The van der Waals surface area contributed by atoms with E-state index in [1.807, 2.05) is 26.0 Å². The van der Waals surface area contributed by atoms with E-state index in [1.165, 1.54) is 0 Å². The van der Waals surface area contributed by atoms with Crippen molar-refractivity contribution in [2.24, 2.45) is 0 Å². The lowest BCUT2D eigenvalue weighted by Crippen LogP contribution is -2.49. The highest BCUT2D eigenvalue weighted by Gasteiger charge is 2.25. The van der Waals surface area contributed by atoms with Crippen LogP contribution in [0, 0.1) is 0 Å². The van der Waals surface area contributed by atoms with Gasteiger partial charge in [0.1, 0.15) is 5.75 Å². The Morgan fingerprint density at radius 1 is 1.15 bits per heavy atom. The minimum atomic E-state index is -0.522. The Morgan fingerprint density at radius 3 is 2.40 bits per heavy atom. The summed E-state index contributed by atoms with van der Waals surface area (Å²) in [5.41, 5.74) is 1.78. The predicted molar refractivity (Wildman–Crippen MR) is 81.1 cm³/mol. The van der Waals surface area contributed by atoms with Gasteiger partial charge in [-0.3, -0.25) is 4.90 Å². The third-order valence-corrected chi connectivity index (χ3v) is 4.20. The van der Waals surface area contributed by atoms with Gasteiger partial charge in [0.15, 0.2) is 0 Å². The van der Waals surface area contributed by atoms with Crippen molar-refractivity contribution in [3.05, 3.63) is 29.3 Å². The molecule has 0 aliphatic carbocycles. The monoisotopic (exact) mass is 278 g/mol. The molecule has 20 heavy (non-hydrogen) atoms. The van der Waals surface area contributed by atoms with Gasteiger partial charge in [-0.15, -0.1) is 0 Å². The second-order valence-electron chi connectivity index (χ2n) is 5.94. The van der Waals surface area contributed by atoms with Crippen LogP contribution in [0.3, 0.4) is 0 Å². The average molecular weight is 278 g/mol. The molecule has 0 amide bonds. The number of aliphatic hydroxyl groups is 1. The molecule has 2 rings (SSSR count). The molecular weight excluding hydrogens is 252 g/mol. The number of nitrogens with zero attached hydrogens (tertiary/aromatic N) is 1. The fourth-order valence-corrected chi connectivity index (χ4v) is 2.79. The zero-order valence-electron chi connectivity index (χ0n) is 12.6. The van der Waals surface area contributed by atoms with Crippen molar-refractivity contribution in [3.8, 4) is 5.75 Å². The molecule has 2 atom stereocenters. The summed E-state index contributed by atoms with van der Waals surface area (Å²) in [6.07, 6.45) is -0.522. The van der Waals surface area contributed by atoms with E-state index in [1.54, 1.807) is 6.07 Å². The molecule has 0 radical (unpaired) electrons. The van der Waals surface area contributed by atoms with Crippen molar-refractivity contribution in [1.82, 2.24) is 10.2 Å². The number of aliphatic hydroxyl groups excluding tert-OH is 1. The fraction of sp³-hybridized carbons (Fsp3) is 0.625. The van der Waals surface area contributed by atoms with Gasteiger partial charge in [-0.25, -0.2) is 0 Å². The topological polar surface area (TPSA) is 55.7 Å². The lowest BCUT2D eigenvalue weighted by molar-refractivity contribution is 0.0509. The summed E-state index contributed by atoms with van der Waals surface area (Å²) in [4.78, 5) is 2.31. The normalized spacial score (nSPS) is 20.1. The maximum Gasteiger partial charge on any atom is 0.119 e. The highest BCUT2D eigenvalue weighted by atomic mass is 16.3. The van der Waals surface area contributed by atoms with Crippen LogP contribution in [-0.2, 0) is 0 Å². The van der Waals surface area contributed by atoms with Gasteiger partial charge in [0.2, 0.25) is 0 Å². The summed E-state index contributed by atoms with van der Waals surface area (Å²) in [5, 5.41) is 23.8. The molecule has 1 heterocycles. The Bertz CT molecular complexity index is 442. The maximum atomic E-state index is 10.6. The SMILES string of the molecule is CC(C)c1cc(C(O)C(C)N2CCNCC2)ccc1O. The van der Waals surface area contributed by atoms with Crippen LogP contribution < -0.4 is 5.32 Å². The van der Waals surface area contributed by atoms with Crippen LogP contribution in [0.1, 0.15) is 43.9 Å². The number of nitrogens with one attached hydrogen (secondary N) is 1. The molecular formula is C16H26N2O2. The van der Waals surface area contributed by atoms with Gasteiger partial charge in [-0.05, 0) is 36.1 Å². The third kappa shape index (κ3) is 3.32. The van der Waals surface area contributed by atoms with E-state index in [0.717, 1.165) is 37.3 Å². The molecule has 0 bridgehead atoms. The number of piperazine rings is 1. The summed E-state index contributed by atoms with van der Waals surface area (Å²) >= 11 is 0. The van der Waals surface area contributed by atoms with Crippen LogP contribution in [0.4, 0.5) is 0 Å². The molecule has 112 valence electrons. The summed E-state index contributed by atoms with van der Waals surface area (Å²) in [6.45, 7) is 10.0. The molecule has 0 aromatic heterocycles. The second kappa shape index (κ2) is 6.57. The van der Waals surface area contributed by atoms with E-state index >= 15 is 0 Å². The third-order valence-electron chi connectivity index (χ3n) is 4.20. The Labute approximate surface area is 121 Å². The molecule has 2 unspecified atom stereocenters. The van der Waals surface area contributed by atoms with Crippen LogP contribution in [0.5, 0.6) is 5.75 Å². The number of hydrogen-bond acceptors (Lipinski definition) is 4. The van der Waals surface area contributed by atoms with Gasteiger partial charge in [-0.2, -0.15) is 0 Å². The molecule has 0 spiro atoms. The smallest absolute Gasteiger partial charge is 0.119 e. The first-order valence-corrected chi connectivity index (χ1v) is 7.46. The molecule has 3 N–H and O–H groups in total. The number of rotatable bonds is 4. The first-order chi connectivity index (χ1) is 9.50. The molecule has 1 aliphatic rings. The summed E-state index contributed by atoms with van der Waals surface area (Å²) in [7, 11) is 0. The van der Waals surface area contributed by atoms with Crippen molar-refractivity contribution in [3.63, 3.8) is 0 Å². The highest BCUT2D eigenvalue weighted by molar-refractivity contribution is 5.39. The van der Waals surface area contributed by atoms with Crippen LogP contribution in [0.25, 0.3) is 0 Å². The van der Waals surface area contributed by atoms with Crippen molar-refractivity contribution in [1.29, 1.82) is 0 Å². The number of phenols is 1. The number of phenolic OH excluding ortho intramolecular Hbond substituents is 1. The molecule has 1 fully saturated rings. The maximum absolute atomic E-state index is 10.6. The molecule has 1 saturated heterocycles. The van der Waals surface area contributed by atoms with Crippen LogP contribution >= 0.6 is 0 Å². The minimum absolute atomic E-state index is 0.0849. The van der Waals surface area contributed by atoms with E-state index in [0.29, 0.717) is 5.75 Å². The molecule has 1 aromatic rings. The summed E-state index contributed by atoms with van der Waals surface area (Å²) < 4.78 is 0. The van der Waals surface area contributed by atoms with E-state index in [9.17, 15) is 10.2 Å². The number of hydrogen-bond donors (Lipinski definition) is 3. The Balaban J connectivity index is 2.15. The zero-order chi connectivity index (χ0) is 14.7. The van der Waals surface area contributed by atoms with Crippen LogP contribution in [0.2, 0.25) is 0 Å². The van der Waals surface area contributed by atoms with Crippen LogP contribution in [0.15, 0.2) is 18.2 Å². The van der Waals surface area contributed by atoms with Gasteiger partial charge in [0.05, 0.1) is 6.10 Å². The first-order valence-electron chi connectivity index (χ1n) is 7.46. The van der Waals surface area contributed by atoms with Gasteiger partial charge in [0, 0.05) is 32.2 Å². The Morgan fingerprint density at radius 2 is 1.80 bits per heavy atom. The van der Waals surface area contributed by atoms with Crippen molar-refractivity contribution < 1.29 is 10.2 Å². The number of benzene rings is 1. The minimum Gasteiger partial charge on any atom is -0.508 e. The molecule has 1 aliphatic heterocycles. The van der Waals surface area contributed by atoms with E-state index in [-0.39, 0.29) is 12.0 Å². The predicted octanol–water partition coefficient (Wildman–Crippen LogP) is 1.84. The van der Waals surface area contributed by atoms with Gasteiger partial charge in [0.25, 0.3) is 0 Å². The molecule has 0 saturated carbocycles. The van der Waals surface area contributed by atoms with Crippen molar-refractivity contribution >= 4 is 0 Å². The first kappa shape index (κ1) is 15.3. The van der Waals surface area contributed by atoms with E-state index in [4.69, 9.17) is 0 Å². The second-order valence-corrected chi connectivity index (χ2v) is 5.94. The number of aromatic hydroxyl groups is 1. The van der Waals surface area contributed by atoms with Gasteiger partial charge >= 0.3 is 0 Å².